The van der Waals surface area contributed by atoms with Crippen LogP contribution in [-0.2, 0) is 4.79 Å². The Labute approximate surface area is 96.0 Å². The smallest absolute Gasteiger partial charge is 0.310 e. The van der Waals surface area contributed by atoms with Crippen molar-refractivity contribution in [2.24, 2.45) is 5.41 Å². The van der Waals surface area contributed by atoms with Crippen molar-refractivity contribution in [2.45, 2.75) is 32.6 Å². The lowest BCUT2D eigenvalue weighted by atomic mass is 9.77. The normalized spacial score (nSPS) is 26.5. The first-order valence-corrected chi connectivity index (χ1v) is 6.88. The number of hydrogen-bond donors (Lipinski definition) is 2. The molecule has 1 atom stereocenters. The molecule has 0 spiro atoms. The summed E-state index contributed by atoms with van der Waals surface area (Å²) in [4.78, 5) is 11.3. The monoisotopic (exact) mass is 231 g/mol. The van der Waals surface area contributed by atoms with Gasteiger partial charge in [0.15, 0.2) is 0 Å². The van der Waals surface area contributed by atoms with E-state index < -0.39 is 11.4 Å². The third-order valence-electron chi connectivity index (χ3n) is 3.07. The zero-order chi connectivity index (χ0) is 11.1. The molecule has 1 aliphatic heterocycles. The van der Waals surface area contributed by atoms with E-state index in [4.69, 9.17) is 0 Å². The lowest BCUT2D eigenvalue weighted by Gasteiger charge is -2.33. The van der Waals surface area contributed by atoms with Gasteiger partial charge in [0.1, 0.15) is 0 Å². The minimum Gasteiger partial charge on any atom is -0.481 e. The number of hydrogen-bond acceptors (Lipinski definition) is 3. The molecule has 0 aromatic carbocycles. The summed E-state index contributed by atoms with van der Waals surface area (Å²) in [6.07, 6.45) is 3.67. The fourth-order valence-electron chi connectivity index (χ4n) is 2.13. The molecular formula is C11H21NO2S. The molecule has 0 aromatic rings. The minimum atomic E-state index is -0.615. The zero-order valence-electron chi connectivity index (χ0n) is 9.42. The lowest BCUT2D eigenvalue weighted by Crippen LogP contribution is -2.45. The summed E-state index contributed by atoms with van der Waals surface area (Å²) >= 11 is 1.89. The maximum Gasteiger partial charge on any atom is 0.310 e. The Kier molecular flexibility index (Phi) is 5.47. The second kappa shape index (κ2) is 6.38. The Balaban J connectivity index is 2.39. The van der Waals surface area contributed by atoms with Gasteiger partial charge in [-0.25, -0.2) is 0 Å². The largest absolute Gasteiger partial charge is 0.481 e. The molecule has 1 aliphatic rings. The first-order chi connectivity index (χ1) is 7.21. The number of carboxylic acids is 1. The van der Waals surface area contributed by atoms with E-state index in [-0.39, 0.29) is 0 Å². The van der Waals surface area contributed by atoms with Gasteiger partial charge in [-0.2, -0.15) is 11.8 Å². The summed E-state index contributed by atoms with van der Waals surface area (Å²) in [5.74, 6) is 1.60. The molecule has 2 N–H and O–H groups in total. The number of piperidine rings is 1. The zero-order valence-corrected chi connectivity index (χ0v) is 10.2. The van der Waals surface area contributed by atoms with Crippen molar-refractivity contribution >= 4 is 17.7 Å². The standard InChI is InChI=1S/C11H21NO2S/c1-2-15-8-4-6-11(10(13)14)5-3-7-12-9-11/h12H,2-9H2,1H3,(H,13,14). The molecule has 3 nitrogen and oxygen atoms in total. The predicted octanol–water partition coefficient (Wildman–Crippen LogP) is 1.97. The average molecular weight is 231 g/mol. The van der Waals surface area contributed by atoms with E-state index in [0.717, 1.165) is 43.7 Å². The van der Waals surface area contributed by atoms with Crippen molar-refractivity contribution in [2.75, 3.05) is 24.6 Å². The van der Waals surface area contributed by atoms with Crippen LogP contribution in [0.15, 0.2) is 0 Å². The van der Waals surface area contributed by atoms with Gasteiger partial charge in [-0.15, -0.1) is 0 Å². The molecule has 0 radical (unpaired) electrons. The number of carbonyl (C=O) groups is 1. The Bertz CT molecular complexity index is 203. The van der Waals surface area contributed by atoms with Crippen molar-refractivity contribution in [3.05, 3.63) is 0 Å². The molecule has 0 bridgehead atoms. The highest BCUT2D eigenvalue weighted by molar-refractivity contribution is 7.99. The van der Waals surface area contributed by atoms with Crippen LogP contribution in [0.25, 0.3) is 0 Å². The van der Waals surface area contributed by atoms with E-state index >= 15 is 0 Å². The van der Waals surface area contributed by atoms with Gasteiger partial charge < -0.3 is 10.4 Å². The van der Waals surface area contributed by atoms with Crippen molar-refractivity contribution < 1.29 is 9.90 Å². The van der Waals surface area contributed by atoms with E-state index in [0.29, 0.717) is 6.54 Å². The molecule has 1 heterocycles. The molecule has 0 saturated carbocycles. The maximum absolute atomic E-state index is 11.3. The highest BCUT2D eigenvalue weighted by Crippen LogP contribution is 2.32. The van der Waals surface area contributed by atoms with E-state index in [1.54, 1.807) is 0 Å². The Morgan fingerprint density at radius 2 is 2.40 bits per heavy atom. The SMILES string of the molecule is CCSCCCC1(C(=O)O)CCCNC1. The van der Waals surface area contributed by atoms with E-state index in [2.05, 4.69) is 12.2 Å². The molecule has 1 saturated heterocycles. The molecular weight excluding hydrogens is 210 g/mol. The lowest BCUT2D eigenvalue weighted by molar-refractivity contribution is -0.150. The van der Waals surface area contributed by atoms with Crippen LogP contribution in [0.1, 0.15) is 32.6 Å². The third kappa shape index (κ3) is 3.68. The van der Waals surface area contributed by atoms with Crippen molar-refractivity contribution in [1.82, 2.24) is 5.32 Å². The quantitative estimate of drug-likeness (QED) is 0.686. The Morgan fingerprint density at radius 1 is 1.60 bits per heavy atom. The molecule has 0 aromatic heterocycles. The number of carboxylic acid groups (broad SMARTS) is 1. The van der Waals surface area contributed by atoms with Crippen LogP contribution < -0.4 is 5.32 Å². The molecule has 0 aliphatic carbocycles. The number of thioether (sulfide) groups is 1. The summed E-state index contributed by atoms with van der Waals surface area (Å²) in [5.41, 5.74) is -0.480. The fraction of sp³-hybridized carbons (Fsp3) is 0.909. The van der Waals surface area contributed by atoms with Gasteiger partial charge in [0, 0.05) is 6.54 Å². The average Bonchev–Trinajstić information content (AvgIpc) is 2.26. The first-order valence-electron chi connectivity index (χ1n) is 5.73. The highest BCUT2D eigenvalue weighted by Gasteiger charge is 2.38. The van der Waals surface area contributed by atoms with Gasteiger partial charge in [-0.05, 0) is 43.7 Å². The van der Waals surface area contributed by atoms with Crippen molar-refractivity contribution in [3.63, 3.8) is 0 Å². The van der Waals surface area contributed by atoms with Crippen LogP contribution in [-0.4, -0.2) is 35.7 Å². The van der Waals surface area contributed by atoms with Gasteiger partial charge in [-0.1, -0.05) is 6.92 Å². The van der Waals surface area contributed by atoms with Gasteiger partial charge in [0.25, 0.3) is 0 Å². The molecule has 0 amide bonds. The van der Waals surface area contributed by atoms with Crippen LogP contribution in [0, 0.1) is 5.41 Å². The second-order valence-corrected chi connectivity index (χ2v) is 5.56. The van der Waals surface area contributed by atoms with Gasteiger partial charge >= 0.3 is 5.97 Å². The topological polar surface area (TPSA) is 49.3 Å². The summed E-state index contributed by atoms with van der Waals surface area (Å²) in [7, 11) is 0. The molecule has 1 unspecified atom stereocenters. The molecule has 1 rings (SSSR count). The van der Waals surface area contributed by atoms with Crippen LogP contribution in [0.2, 0.25) is 0 Å². The van der Waals surface area contributed by atoms with Gasteiger partial charge in [0.05, 0.1) is 5.41 Å². The number of nitrogens with one attached hydrogen (secondary N) is 1. The van der Waals surface area contributed by atoms with E-state index in [1.165, 1.54) is 0 Å². The fourth-order valence-corrected chi connectivity index (χ4v) is 2.76. The molecule has 4 heteroatoms. The Hall–Kier alpha value is -0.220. The summed E-state index contributed by atoms with van der Waals surface area (Å²) in [6, 6.07) is 0. The van der Waals surface area contributed by atoms with Crippen LogP contribution >= 0.6 is 11.8 Å². The van der Waals surface area contributed by atoms with Gasteiger partial charge in [0.2, 0.25) is 0 Å². The van der Waals surface area contributed by atoms with E-state index in [9.17, 15) is 9.90 Å². The second-order valence-electron chi connectivity index (χ2n) is 4.17. The molecule has 88 valence electrons. The minimum absolute atomic E-state index is 0.480. The number of aliphatic carboxylic acids is 1. The molecule has 15 heavy (non-hydrogen) atoms. The first kappa shape index (κ1) is 12.8. The van der Waals surface area contributed by atoms with E-state index in [1.807, 2.05) is 11.8 Å². The van der Waals surface area contributed by atoms with Crippen molar-refractivity contribution in [3.8, 4) is 0 Å². The summed E-state index contributed by atoms with van der Waals surface area (Å²) in [6.45, 7) is 3.76. The number of rotatable bonds is 6. The predicted molar refractivity (Wildman–Crippen MR) is 64.4 cm³/mol. The van der Waals surface area contributed by atoms with Crippen molar-refractivity contribution in [1.29, 1.82) is 0 Å². The Morgan fingerprint density at radius 3 is 2.93 bits per heavy atom. The summed E-state index contributed by atoms with van der Waals surface area (Å²) in [5, 5.41) is 12.5. The van der Waals surface area contributed by atoms with Gasteiger partial charge in [-0.3, -0.25) is 4.79 Å². The highest BCUT2D eigenvalue weighted by atomic mass is 32.2. The van der Waals surface area contributed by atoms with Crippen LogP contribution in [0.4, 0.5) is 0 Å². The van der Waals surface area contributed by atoms with Crippen LogP contribution in [0.3, 0.4) is 0 Å². The third-order valence-corrected chi connectivity index (χ3v) is 4.06. The van der Waals surface area contributed by atoms with Crippen LogP contribution in [0.5, 0.6) is 0 Å². The maximum atomic E-state index is 11.3. The molecule has 1 fully saturated rings. The summed E-state index contributed by atoms with van der Waals surface area (Å²) < 4.78 is 0.